The van der Waals surface area contributed by atoms with Crippen LogP contribution < -0.4 is 10.1 Å². The molecule has 0 aliphatic heterocycles. The Labute approximate surface area is 228 Å². The van der Waals surface area contributed by atoms with Gasteiger partial charge in [0.15, 0.2) is 16.8 Å². The molecule has 1 aromatic heterocycles. The van der Waals surface area contributed by atoms with Gasteiger partial charge in [0.25, 0.3) is 5.91 Å². The van der Waals surface area contributed by atoms with Crippen molar-refractivity contribution in [3.63, 3.8) is 0 Å². The average Bonchev–Trinajstić information content (AvgIpc) is 3.34. The summed E-state index contributed by atoms with van der Waals surface area (Å²) in [6, 6.07) is 24.0. The van der Waals surface area contributed by atoms with Gasteiger partial charge in [0.2, 0.25) is 0 Å². The Morgan fingerprint density at radius 2 is 1.68 bits per heavy atom. The maximum absolute atomic E-state index is 12.8. The molecule has 3 aromatic carbocycles. The van der Waals surface area contributed by atoms with E-state index in [4.69, 9.17) is 4.74 Å². The van der Waals surface area contributed by atoms with Crippen molar-refractivity contribution >= 4 is 39.4 Å². The Morgan fingerprint density at radius 1 is 0.946 bits per heavy atom. The van der Waals surface area contributed by atoms with Gasteiger partial charge in [0.1, 0.15) is 5.75 Å². The molecule has 190 valence electrons. The van der Waals surface area contributed by atoms with Crippen LogP contribution in [-0.2, 0) is 6.54 Å². The summed E-state index contributed by atoms with van der Waals surface area (Å²) in [7, 11) is 0. The number of unbranched alkanes of at least 4 members (excludes halogenated alkanes) is 1. The summed E-state index contributed by atoms with van der Waals surface area (Å²) in [5, 5.41) is 12.1. The van der Waals surface area contributed by atoms with Crippen LogP contribution in [0, 0.1) is 0 Å². The number of ketones is 1. The number of nitrogens with zero attached hydrogens (tertiary/aromatic N) is 3. The first kappa shape index (κ1) is 26.6. The molecule has 0 atom stereocenters. The molecular weight excluding hydrogens is 552 g/mol. The average molecular weight is 580 g/mol. The zero-order valence-electron chi connectivity index (χ0n) is 20.4. The molecule has 0 aliphatic rings. The molecular formula is C28H27BrN4O3S. The molecule has 37 heavy (non-hydrogen) atoms. The van der Waals surface area contributed by atoms with E-state index in [1.165, 1.54) is 11.8 Å². The van der Waals surface area contributed by atoms with Crippen molar-refractivity contribution in [3.05, 3.63) is 100 Å². The van der Waals surface area contributed by atoms with Gasteiger partial charge in [-0.05, 0) is 55.0 Å². The summed E-state index contributed by atoms with van der Waals surface area (Å²) in [5.74, 6) is 1.31. The molecule has 9 heteroatoms. The molecule has 0 saturated heterocycles. The van der Waals surface area contributed by atoms with E-state index in [1.807, 2.05) is 47.0 Å². The quantitative estimate of drug-likeness (QED) is 0.124. The van der Waals surface area contributed by atoms with Crippen LogP contribution in [0.15, 0.2) is 88.5 Å². The van der Waals surface area contributed by atoms with Gasteiger partial charge in [-0.15, -0.1) is 10.2 Å². The van der Waals surface area contributed by atoms with Crippen molar-refractivity contribution in [1.82, 2.24) is 20.1 Å². The number of carbonyl (C=O) groups is 2. The molecule has 0 saturated carbocycles. The molecule has 4 rings (SSSR count). The second kappa shape index (κ2) is 13.2. The monoisotopic (exact) mass is 578 g/mol. The molecule has 0 fully saturated rings. The van der Waals surface area contributed by atoms with E-state index in [2.05, 4.69) is 38.4 Å². The lowest BCUT2D eigenvalue weighted by molar-refractivity contribution is 0.0948. The summed E-state index contributed by atoms with van der Waals surface area (Å²) in [6.45, 7) is 2.94. The fourth-order valence-electron chi connectivity index (χ4n) is 3.49. The van der Waals surface area contributed by atoms with Crippen LogP contribution in [0.4, 0.5) is 0 Å². The summed E-state index contributed by atoms with van der Waals surface area (Å²) >= 11 is 4.77. The highest BCUT2D eigenvalue weighted by Gasteiger charge is 2.17. The van der Waals surface area contributed by atoms with E-state index in [1.54, 1.807) is 36.4 Å². The predicted molar refractivity (Wildman–Crippen MR) is 149 cm³/mol. The van der Waals surface area contributed by atoms with E-state index < -0.39 is 0 Å². The summed E-state index contributed by atoms with van der Waals surface area (Å²) < 4.78 is 8.47. The number of hydrogen-bond donors (Lipinski definition) is 1. The molecule has 0 bridgehead atoms. The fourth-order valence-corrected chi connectivity index (χ4v) is 4.62. The van der Waals surface area contributed by atoms with Crippen LogP contribution in [0.3, 0.4) is 0 Å². The van der Waals surface area contributed by atoms with Gasteiger partial charge in [-0.1, -0.05) is 71.4 Å². The zero-order chi connectivity index (χ0) is 26.0. The lowest BCUT2D eigenvalue weighted by Crippen LogP contribution is -2.24. The van der Waals surface area contributed by atoms with Crippen molar-refractivity contribution in [2.45, 2.75) is 31.5 Å². The lowest BCUT2D eigenvalue weighted by atomic mass is 10.2. The normalized spacial score (nSPS) is 10.8. The third-order valence-corrected chi connectivity index (χ3v) is 6.96. The molecule has 1 heterocycles. The topological polar surface area (TPSA) is 86.1 Å². The fraction of sp³-hybridized carbons (Fsp3) is 0.214. The minimum absolute atomic E-state index is 0.00734. The Bertz CT molecular complexity index is 1330. The first-order valence-corrected chi connectivity index (χ1v) is 13.8. The highest BCUT2D eigenvalue weighted by atomic mass is 79.9. The van der Waals surface area contributed by atoms with E-state index in [-0.39, 0.29) is 24.0 Å². The third kappa shape index (κ3) is 7.30. The Kier molecular flexibility index (Phi) is 9.51. The van der Waals surface area contributed by atoms with Crippen LogP contribution in [0.25, 0.3) is 5.69 Å². The third-order valence-electron chi connectivity index (χ3n) is 5.50. The second-order valence-electron chi connectivity index (χ2n) is 8.20. The number of ether oxygens (including phenoxy) is 1. The number of nitrogens with one attached hydrogen (secondary N) is 1. The summed E-state index contributed by atoms with van der Waals surface area (Å²) in [5.41, 5.74) is 2.01. The van der Waals surface area contributed by atoms with Crippen molar-refractivity contribution in [1.29, 1.82) is 0 Å². The van der Waals surface area contributed by atoms with E-state index >= 15 is 0 Å². The number of aromatic nitrogens is 3. The number of hydrogen-bond acceptors (Lipinski definition) is 6. The highest BCUT2D eigenvalue weighted by molar-refractivity contribution is 9.10. The first-order valence-electron chi connectivity index (χ1n) is 12.0. The van der Waals surface area contributed by atoms with Gasteiger partial charge in [-0.25, -0.2) is 0 Å². The standard InChI is InChI=1S/C28H27BrN4O3S/c1-2-3-17-36-24-15-9-21(10-16-24)27(35)30-18-26-31-32-28(33(26)23-13-11-22(29)12-14-23)37-19-25(34)20-7-5-4-6-8-20/h4-16H,2-3,17-19H2,1H3,(H,30,35). The molecule has 0 spiro atoms. The lowest BCUT2D eigenvalue weighted by Gasteiger charge is -2.11. The largest absolute Gasteiger partial charge is 0.494 e. The molecule has 1 N–H and O–H groups in total. The molecule has 4 aromatic rings. The number of carbonyl (C=O) groups excluding carboxylic acids is 2. The van der Waals surface area contributed by atoms with Gasteiger partial charge >= 0.3 is 0 Å². The van der Waals surface area contributed by atoms with Gasteiger partial charge in [-0.3, -0.25) is 14.2 Å². The number of amides is 1. The second-order valence-corrected chi connectivity index (χ2v) is 10.1. The minimum atomic E-state index is -0.223. The molecule has 0 aliphatic carbocycles. The van der Waals surface area contributed by atoms with Gasteiger partial charge in [0.05, 0.1) is 18.9 Å². The van der Waals surface area contributed by atoms with Crippen molar-refractivity contribution < 1.29 is 14.3 Å². The van der Waals surface area contributed by atoms with Crippen LogP contribution in [0.5, 0.6) is 5.75 Å². The molecule has 0 radical (unpaired) electrons. The predicted octanol–water partition coefficient (Wildman–Crippen LogP) is 6.11. The Balaban J connectivity index is 1.46. The van der Waals surface area contributed by atoms with Crippen LogP contribution in [-0.4, -0.2) is 38.8 Å². The molecule has 1 amide bonds. The van der Waals surface area contributed by atoms with Gasteiger partial charge < -0.3 is 10.1 Å². The zero-order valence-corrected chi connectivity index (χ0v) is 22.8. The van der Waals surface area contributed by atoms with Crippen molar-refractivity contribution in [2.24, 2.45) is 0 Å². The molecule has 0 unspecified atom stereocenters. The smallest absolute Gasteiger partial charge is 0.251 e. The number of benzene rings is 3. The maximum atomic E-state index is 12.8. The van der Waals surface area contributed by atoms with Crippen LogP contribution in [0.1, 0.15) is 46.3 Å². The van der Waals surface area contributed by atoms with Crippen LogP contribution in [0.2, 0.25) is 0 Å². The van der Waals surface area contributed by atoms with E-state index in [0.717, 1.165) is 28.8 Å². The van der Waals surface area contributed by atoms with Crippen molar-refractivity contribution in [2.75, 3.05) is 12.4 Å². The minimum Gasteiger partial charge on any atom is -0.494 e. The Morgan fingerprint density at radius 3 is 2.38 bits per heavy atom. The number of rotatable bonds is 12. The maximum Gasteiger partial charge on any atom is 0.251 e. The summed E-state index contributed by atoms with van der Waals surface area (Å²) in [4.78, 5) is 25.4. The van der Waals surface area contributed by atoms with Gasteiger partial charge in [-0.2, -0.15) is 0 Å². The van der Waals surface area contributed by atoms with Gasteiger partial charge in [0, 0.05) is 21.3 Å². The van der Waals surface area contributed by atoms with E-state index in [9.17, 15) is 9.59 Å². The summed E-state index contributed by atoms with van der Waals surface area (Å²) in [6.07, 6.45) is 2.05. The SMILES string of the molecule is CCCCOc1ccc(C(=O)NCc2nnc(SCC(=O)c3ccccc3)n2-c2ccc(Br)cc2)cc1. The van der Waals surface area contributed by atoms with E-state index in [0.29, 0.717) is 28.7 Å². The van der Waals surface area contributed by atoms with Crippen LogP contribution >= 0.6 is 27.7 Å². The van der Waals surface area contributed by atoms with Crippen molar-refractivity contribution in [3.8, 4) is 11.4 Å². The Hall–Kier alpha value is -3.43. The number of Topliss-reactive ketones (excluding diaryl/α,β-unsaturated/α-hetero) is 1. The number of halogens is 1. The molecule has 7 nitrogen and oxygen atoms in total. The first-order chi connectivity index (χ1) is 18.0. The highest BCUT2D eigenvalue weighted by Crippen LogP contribution is 2.24. The number of thioether (sulfide) groups is 1.